The van der Waals surface area contributed by atoms with Crippen molar-refractivity contribution in [2.45, 2.75) is 61.4 Å². The summed E-state index contributed by atoms with van der Waals surface area (Å²) in [5.74, 6) is 0. The van der Waals surface area contributed by atoms with E-state index in [1.165, 1.54) is 0 Å². The van der Waals surface area contributed by atoms with Gasteiger partial charge in [0.1, 0.15) is 48.8 Å². The molecule has 2 unspecified atom stereocenters. The van der Waals surface area contributed by atoms with Crippen molar-refractivity contribution in [2.24, 2.45) is 0 Å². The molecule has 0 aliphatic carbocycles. The van der Waals surface area contributed by atoms with Crippen LogP contribution in [0.3, 0.4) is 0 Å². The molecule has 35 heavy (non-hydrogen) atoms. The number of rotatable bonds is 10. The average Bonchev–Trinajstić information content (AvgIpc) is 2.70. The highest BCUT2D eigenvalue weighted by atomic mass is 31.3. The Morgan fingerprint density at radius 3 is 1.74 bits per heavy atom. The maximum absolute atomic E-state index is 12.1. The van der Waals surface area contributed by atoms with Crippen LogP contribution in [-0.2, 0) is 41.1 Å². The Hall–Kier alpha value is 0.0100. The molecule has 11 N–H and O–H groups in total. The van der Waals surface area contributed by atoms with E-state index in [2.05, 4.69) is 13.1 Å². The zero-order valence-electron chi connectivity index (χ0n) is 17.1. The predicted octanol–water partition coefficient (Wildman–Crippen LogP) is -5.05. The van der Waals surface area contributed by atoms with Gasteiger partial charge in [0, 0.05) is 0 Å². The van der Waals surface area contributed by atoms with E-state index in [-0.39, 0.29) is 0 Å². The SMILES string of the molecule is O=P(O)(O)OP(=O)(O)OP(=O)(O)O[C@@H]1[C@@H](O)[C@@H](O[C@H]2[C@H](O)[C@@H](O)[C@H](O)O[C@@H]2CO)O[C@H](CO)[C@H]1O. The van der Waals surface area contributed by atoms with Gasteiger partial charge in [-0.05, 0) is 0 Å². The first-order valence-electron chi connectivity index (χ1n) is 9.32. The number of aliphatic hydroxyl groups excluding tert-OH is 7. The Morgan fingerprint density at radius 2 is 1.23 bits per heavy atom. The quantitative estimate of drug-likeness (QED) is 0.107. The molecule has 0 aromatic carbocycles. The molecule has 12 atom stereocenters. The zero-order valence-corrected chi connectivity index (χ0v) is 19.8. The number of hydrogen-bond acceptors (Lipinski definition) is 16. The van der Waals surface area contributed by atoms with E-state index < -0.39 is 98.1 Å². The van der Waals surface area contributed by atoms with Gasteiger partial charge >= 0.3 is 23.5 Å². The number of phosphoric ester groups is 1. The topological polar surface area (TPSA) is 329 Å². The minimum absolute atomic E-state index is 0.897. The smallest absolute Gasteiger partial charge is 0.394 e. The van der Waals surface area contributed by atoms with E-state index in [0.29, 0.717) is 0 Å². The second-order valence-electron chi connectivity index (χ2n) is 7.20. The van der Waals surface area contributed by atoms with Crippen molar-refractivity contribution in [1.82, 2.24) is 0 Å². The second kappa shape index (κ2) is 11.8. The molecule has 0 bridgehead atoms. The first-order chi connectivity index (χ1) is 15.9. The third kappa shape index (κ3) is 8.25. The fourth-order valence-electron chi connectivity index (χ4n) is 3.13. The fourth-order valence-corrected chi connectivity index (χ4v) is 6.35. The third-order valence-electron chi connectivity index (χ3n) is 4.62. The molecule has 2 heterocycles. The van der Waals surface area contributed by atoms with Crippen molar-refractivity contribution in [2.75, 3.05) is 13.2 Å². The van der Waals surface area contributed by atoms with Crippen molar-refractivity contribution >= 4 is 23.5 Å². The lowest BCUT2D eigenvalue weighted by Gasteiger charge is -2.46. The zero-order chi connectivity index (χ0) is 26.9. The Morgan fingerprint density at radius 1 is 0.657 bits per heavy atom. The number of phosphoric acid groups is 3. The van der Waals surface area contributed by atoms with Crippen LogP contribution >= 0.6 is 23.5 Å². The summed E-state index contributed by atoms with van der Waals surface area (Å²) in [5.41, 5.74) is 0. The van der Waals surface area contributed by atoms with E-state index in [9.17, 15) is 59.2 Å². The molecule has 0 saturated carbocycles. The number of hydrogen-bond donors (Lipinski definition) is 11. The average molecular weight is 582 g/mol. The molecular weight excluding hydrogens is 557 g/mol. The molecule has 208 valence electrons. The molecule has 2 fully saturated rings. The van der Waals surface area contributed by atoms with Crippen LogP contribution in [-0.4, -0.2) is 130 Å². The van der Waals surface area contributed by atoms with Crippen LogP contribution in [0.1, 0.15) is 0 Å². The summed E-state index contributed by atoms with van der Waals surface area (Å²) >= 11 is 0. The third-order valence-corrected chi connectivity index (χ3v) is 8.46. The minimum atomic E-state index is -5.95. The maximum atomic E-state index is 12.1. The summed E-state index contributed by atoms with van der Waals surface area (Å²) in [6, 6.07) is 0. The first kappa shape index (κ1) is 31.2. The molecular formula is C12H25O20P3. The molecule has 2 aliphatic heterocycles. The summed E-state index contributed by atoms with van der Waals surface area (Å²) in [4.78, 5) is 36.0. The van der Waals surface area contributed by atoms with Crippen molar-refractivity contribution in [3.05, 3.63) is 0 Å². The molecule has 20 nitrogen and oxygen atoms in total. The van der Waals surface area contributed by atoms with Crippen LogP contribution in [0.4, 0.5) is 0 Å². The molecule has 2 aliphatic rings. The largest absolute Gasteiger partial charge is 0.490 e. The van der Waals surface area contributed by atoms with Gasteiger partial charge in [-0.1, -0.05) is 0 Å². The van der Waals surface area contributed by atoms with Gasteiger partial charge in [-0.25, -0.2) is 13.7 Å². The van der Waals surface area contributed by atoms with Gasteiger partial charge in [0.15, 0.2) is 12.6 Å². The Kier molecular flexibility index (Phi) is 10.5. The highest BCUT2D eigenvalue weighted by Gasteiger charge is 2.53. The van der Waals surface area contributed by atoms with Gasteiger partial charge in [0.25, 0.3) is 0 Å². The molecule has 2 saturated heterocycles. The summed E-state index contributed by atoms with van der Waals surface area (Å²) in [6.45, 7) is -1.94. The van der Waals surface area contributed by atoms with E-state index in [1.54, 1.807) is 0 Å². The first-order valence-corrected chi connectivity index (χ1v) is 13.8. The summed E-state index contributed by atoms with van der Waals surface area (Å²) < 4.78 is 61.0. The lowest BCUT2D eigenvalue weighted by molar-refractivity contribution is -0.354. The highest BCUT2D eigenvalue weighted by molar-refractivity contribution is 7.66. The van der Waals surface area contributed by atoms with E-state index in [4.69, 9.17) is 24.0 Å². The minimum Gasteiger partial charge on any atom is -0.394 e. The summed E-state index contributed by atoms with van der Waals surface area (Å²) in [7, 11) is -17.5. The molecule has 0 aromatic heterocycles. The lowest BCUT2D eigenvalue weighted by Crippen LogP contribution is -2.64. The molecule has 0 aromatic rings. The van der Waals surface area contributed by atoms with Gasteiger partial charge in [-0.3, -0.25) is 4.52 Å². The van der Waals surface area contributed by atoms with Crippen LogP contribution in [0.25, 0.3) is 0 Å². The van der Waals surface area contributed by atoms with Crippen molar-refractivity contribution in [1.29, 1.82) is 0 Å². The summed E-state index contributed by atoms with van der Waals surface area (Å²) in [6.07, 6.45) is -19.8. The van der Waals surface area contributed by atoms with Crippen LogP contribution < -0.4 is 0 Å². The van der Waals surface area contributed by atoms with Crippen LogP contribution in [0, 0.1) is 0 Å². The molecule has 23 heteroatoms. The van der Waals surface area contributed by atoms with E-state index >= 15 is 0 Å². The molecule has 2 rings (SSSR count). The van der Waals surface area contributed by atoms with E-state index in [0.717, 1.165) is 0 Å². The van der Waals surface area contributed by atoms with Gasteiger partial charge in [0.2, 0.25) is 0 Å². The van der Waals surface area contributed by atoms with Crippen molar-refractivity contribution in [3.8, 4) is 0 Å². The highest BCUT2D eigenvalue weighted by Crippen LogP contribution is 2.66. The van der Waals surface area contributed by atoms with Crippen LogP contribution in [0.5, 0.6) is 0 Å². The van der Waals surface area contributed by atoms with Crippen molar-refractivity contribution < 1.29 is 96.4 Å². The van der Waals surface area contributed by atoms with Gasteiger partial charge in [0.05, 0.1) is 13.2 Å². The van der Waals surface area contributed by atoms with Crippen LogP contribution in [0.15, 0.2) is 0 Å². The molecule has 0 amide bonds. The van der Waals surface area contributed by atoms with Gasteiger partial charge < -0.3 is 69.5 Å². The van der Waals surface area contributed by atoms with Gasteiger partial charge in [-0.2, -0.15) is 8.62 Å². The Balaban J connectivity index is 2.23. The molecule has 0 spiro atoms. The monoisotopic (exact) mass is 582 g/mol. The Labute approximate surface area is 195 Å². The number of aliphatic hydroxyl groups is 7. The fraction of sp³-hybridized carbons (Fsp3) is 1.00. The van der Waals surface area contributed by atoms with Crippen LogP contribution in [0.2, 0.25) is 0 Å². The van der Waals surface area contributed by atoms with E-state index in [1.807, 2.05) is 0 Å². The second-order valence-corrected chi connectivity index (χ2v) is 11.6. The lowest BCUT2D eigenvalue weighted by atomic mass is 9.97. The normalized spacial score (nSPS) is 42.3. The Bertz CT molecular complexity index is 847. The maximum Gasteiger partial charge on any atom is 0.490 e. The predicted molar refractivity (Wildman–Crippen MR) is 101 cm³/mol. The van der Waals surface area contributed by atoms with Crippen molar-refractivity contribution in [3.63, 3.8) is 0 Å². The molecule has 0 radical (unpaired) electrons. The van der Waals surface area contributed by atoms with Gasteiger partial charge in [-0.15, -0.1) is 0 Å². The number of ether oxygens (including phenoxy) is 3. The standard InChI is InChI=1S/C12H25O20P3/c13-1-3-5(15)10(30-34(23,24)32-35(25,26)31-33(20,21)22)8(18)12(28-3)29-9-4(2-14)27-11(19)7(17)6(9)16/h3-19H,1-2H2,(H,23,24)(H,25,26)(H2,20,21,22)/t3-,4-,5-,6-,7-,8-,9-,10+,11-,12-/m1/s1. The summed E-state index contributed by atoms with van der Waals surface area (Å²) in [5, 5.41) is 68.9.